The van der Waals surface area contributed by atoms with Gasteiger partial charge in [0.25, 0.3) is 0 Å². The van der Waals surface area contributed by atoms with Gasteiger partial charge in [0.2, 0.25) is 0 Å². The molecular weight excluding hydrogens is 302 g/mol. The molecule has 3 aromatic heterocycles. The molecule has 0 atom stereocenters. The maximum absolute atomic E-state index is 5.91. The molecule has 3 heterocycles. The summed E-state index contributed by atoms with van der Waals surface area (Å²) in [6.07, 6.45) is 9.80. The van der Waals surface area contributed by atoms with Crippen molar-refractivity contribution in [3.63, 3.8) is 0 Å². The van der Waals surface area contributed by atoms with E-state index in [1.807, 2.05) is 35.0 Å². The number of nitrogens with zero attached hydrogens (tertiary/aromatic N) is 4. The van der Waals surface area contributed by atoms with E-state index >= 15 is 0 Å². The van der Waals surface area contributed by atoms with Crippen LogP contribution in [0.5, 0.6) is 5.75 Å². The molecule has 0 amide bonds. The first kappa shape index (κ1) is 13.3. The molecule has 1 aliphatic rings. The van der Waals surface area contributed by atoms with Gasteiger partial charge in [-0.25, -0.2) is 9.97 Å². The third-order valence-electron chi connectivity index (χ3n) is 4.15. The van der Waals surface area contributed by atoms with Gasteiger partial charge >= 0.3 is 0 Å². The second-order valence-corrected chi connectivity index (χ2v) is 5.97. The van der Waals surface area contributed by atoms with Crippen LogP contribution in [-0.2, 0) is 0 Å². The minimum Gasteiger partial charge on any atom is -0.490 e. The highest BCUT2D eigenvalue weighted by atomic mass is 16.5. The van der Waals surface area contributed by atoms with Crippen molar-refractivity contribution in [2.45, 2.75) is 18.9 Å². The van der Waals surface area contributed by atoms with Crippen molar-refractivity contribution in [1.82, 2.24) is 24.7 Å². The number of aromatic nitrogens is 5. The molecule has 0 aliphatic heterocycles. The van der Waals surface area contributed by atoms with Gasteiger partial charge in [-0.15, -0.1) is 0 Å². The van der Waals surface area contributed by atoms with Crippen LogP contribution in [0, 0.1) is 0 Å². The molecule has 0 spiro atoms. The zero-order valence-electron chi connectivity index (χ0n) is 12.9. The fourth-order valence-corrected chi connectivity index (χ4v) is 2.77. The van der Waals surface area contributed by atoms with Crippen molar-refractivity contribution in [1.29, 1.82) is 0 Å². The molecular formula is C18H15N5O. The Morgan fingerprint density at radius 3 is 2.92 bits per heavy atom. The third kappa shape index (κ3) is 2.32. The zero-order valence-corrected chi connectivity index (χ0v) is 12.9. The smallest absolute Gasteiger partial charge is 0.138 e. The van der Waals surface area contributed by atoms with Gasteiger partial charge in [-0.3, -0.25) is 9.67 Å². The van der Waals surface area contributed by atoms with Crippen molar-refractivity contribution >= 4 is 10.9 Å². The Bertz CT molecular complexity index is 1000. The summed E-state index contributed by atoms with van der Waals surface area (Å²) in [5, 5.41) is 8.63. The average molecular weight is 317 g/mol. The Morgan fingerprint density at radius 1 is 1.12 bits per heavy atom. The lowest BCUT2D eigenvalue weighted by Crippen LogP contribution is -1.95. The second kappa shape index (κ2) is 5.19. The summed E-state index contributed by atoms with van der Waals surface area (Å²) in [4.78, 5) is 8.47. The normalized spacial score (nSPS) is 14.2. The highest BCUT2D eigenvalue weighted by molar-refractivity contribution is 5.93. The molecule has 1 saturated carbocycles. The molecule has 1 fully saturated rings. The molecule has 1 aromatic carbocycles. The van der Waals surface area contributed by atoms with Gasteiger partial charge in [-0.2, -0.15) is 5.10 Å². The van der Waals surface area contributed by atoms with E-state index in [2.05, 4.69) is 26.2 Å². The molecule has 1 N–H and O–H groups in total. The van der Waals surface area contributed by atoms with Crippen LogP contribution in [0.4, 0.5) is 0 Å². The second-order valence-electron chi connectivity index (χ2n) is 5.97. The third-order valence-corrected chi connectivity index (χ3v) is 4.15. The summed E-state index contributed by atoms with van der Waals surface area (Å²) in [5.74, 6) is 1.71. The van der Waals surface area contributed by atoms with Crippen molar-refractivity contribution in [3.8, 4) is 22.8 Å². The van der Waals surface area contributed by atoms with E-state index in [1.165, 1.54) is 0 Å². The average Bonchev–Trinajstić information content (AvgIpc) is 3.12. The van der Waals surface area contributed by atoms with Crippen molar-refractivity contribution in [2.75, 3.05) is 0 Å². The number of rotatable bonds is 4. The maximum atomic E-state index is 5.91. The lowest BCUT2D eigenvalue weighted by atomic mass is 10.1. The summed E-state index contributed by atoms with van der Waals surface area (Å²) in [5.41, 5.74) is 2.90. The zero-order chi connectivity index (χ0) is 15.9. The van der Waals surface area contributed by atoms with E-state index in [9.17, 15) is 0 Å². The lowest BCUT2D eigenvalue weighted by Gasteiger charge is -2.05. The van der Waals surface area contributed by atoms with Crippen molar-refractivity contribution in [2.24, 2.45) is 0 Å². The van der Waals surface area contributed by atoms with Crippen LogP contribution in [0.15, 0.2) is 55.2 Å². The van der Waals surface area contributed by atoms with E-state index in [4.69, 9.17) is 4.74 Å². The predicted molar refractivity (Wildman–Crippen MR) is 90.1 cm³/mol. The molecule has 0 radical (unpaired) electrons. The summed E-state index contributed by atoms with van der Waals surface area (Å²) >= 11 is 0. The molecule has 6 heteroatoms. The highest BCUT2D eigenvalue weighted by Gasteiger charge is 2.23. The van der Waals surface area contributed by atoms with E-state index in [0.29, 0.717) is 6.10 Å². The summed E-state index contributed by atoms with van der Waals surface area (Å²) < 4.78 is 7.78. The highest BCUT2D eigenvalue weighted by Crippen LogP contribution is 2.32. The molecule has 4 aromatic rings. The van der Waals surface area contributed by atoms with Crippen LogP contribution in [0.2, 0.25) is 0 Å². The molecule has 24 heavy (non-hydrogen) atoms. The minimum absolute atomic E-state index is 0.381. The minimum atomic E-state index is 0.381. The number of aromatic amines is 1. The van der Waals surface area contributed by atoms with Gasteiger partial charge in [-0.05, 0) is 43.2 Å². The van der Waals surface area contributed by atoms with Crippen LogP contribution >= 0.6 is 0 Å². The van der Waals surface area contributed by atoms with Crippen LogP contribution in [0.1, 0.15) is 12.8 Å². The van der Waals surface area contributed by atoms with Gasteiger partial charge in [0, 0.05) is 29.5 Å². The Morgan fingerprint density at radius 2 is 2.08 bits per heavy atom. The quantitative estimate of drug-likeness (QED) is 0.627. The van der Waals surface area contributed by atoms with E-state index < -0.39 is 0 Å². The van der Waals surface area contributed by atoms with Gasteiger partial charge in [-0.1, -0.05) is 0 Å². The van der Waals surface area contributed by atoms with E-state index in [-0.39, 0.29) is 0 Å². The molecule has 118 valence electrons. The molecule has 6 nitrogen and oxygen atoms in total. The Kier molecular flexibility index (Phi) is 2.88. The monoisotopic (exact) mass is 317 g/mol. The summed E-state index contributed by atoms with van der Waals surface area (Å²) in [6.45, 7) is 0. The fourth-order valence-electron chi connectivity index (χ4n) is 2.77. The van der Waals surface area contributed by atoms with Crippen LogP contribution in [0.3, 0.4) is 0 Å². The van der Waals surface area contributed by atoms with Gasteiger partial charge in [0.15, 0.2) is 0 Å². The number of hydrogen-bond acceptors (Lipinski definition) is 4. The number of fused-ring (bicyclic) bond motifs is 1. The number of nitrogens with one attached hydrogen (secondary N) is 1. The van der Waals surface area contributed by atoms with Crippen molar-refractivity contribution < 1.29 is 4.74 Å². The topological polar surface area (TPSA) is 68.6 Å². The Labute approximate surface area is 138 Å². The van der Waals surface area contributed by atoms with Gasteiger partial charge < -0.3 is 4.74 Å². The first-order valence-electron chi connectivity index (χ1n) is 7.96. The largest absolute Gasteiger partial charge is 0.490 e. The number of imidazole rings is 1. The van der Waals surface area contributed by atoms with Crippen LogP contribution in [-0.4, -0.2) is 30.8 Å². The van der Waals surface area contributed by atoms with E-state index in [0.717, 1.165) is 46.6 Å². The lowest BCUT2D eigenvalue weighted by molar-refractivity contribution is 0.303. The van der Waals surface area contributed by atoms with Gasteiger partial charge in [0.1, 0.15) is 23.6 Å². The van der Waals surface area contributed by atoms with Crippen LogP contribution in [0.25, 0.3) is 28.0 Å². The summed E-state index contributed by atoms with van der Waals surface area (Å²) in [6, 6.07) is 10.0. The fraction of sp³-hybridized carbons (Fsp3) is 0.167. The number of hydrogen-bond donors (Lipinski definition) is 1. The number of pyridine rings is 1. The molecule has 0 saturated heterocycles. The van der Waals surface area contributed by atoms with Gasteiger partial charge in [0.05, 0.1) is 11.6 Å². The first-order valence-corrected chi connectivity index (χ1v) is 7.96. The molecule has 1 aliphatic carbocycles. The number of benzene rings is 1. The molecule has 5 rings (SSSR count). The Hall–Kier alpha value is -3.15. The summed E-state index contributed by atoms with van der Waals surface area (Å²) in [7, 11) is 0. The standard InChI is InChI=1S/C18H15N5O/c1-2-13(1)24-14-3-4-16-15(10-14)18(22-21-16)12-5-6-20-17(9-12)23-8-7-19-11-23/h3-11,13H,1-2H2,(H,21,22). The molecule has 0 bridgehead atoms. The van der Waals surface area contributed by atoms with Crippen LogP contribution < -0.4 is 4.74 Å². The number of ether oxygens (including phenoxy) is 1. The van der Waals surface area contributed by atoms with Crippen molar-refractivity contribution in [3.05, 3.63) is 55.2 Å². The SMILES string of the molecule is c1cn(-c2cc(-c3n[nH]c4ccc(OC5CC5)cc34)ccn2)cn1. The maximum Gasteiger partial charge on any atom is 0.138 e. The molecule has 0 unspecified atom stereocenters. The van der Waals surface area contributed by atoms with E-state index in [1.54, 1.807) is 18.7 Å². The Balaban J connectivity index is 1.59. The first-order chi connectivity index (χ1) is 11.9. The predicted octanol–water partition coefficient (Wildman–Crippen LogP) is 3.35. The number of H-pyrrole nitrogens is 1.